The number of nitrogen functional groups attached to an aromatic ring is 1. The number of aromatic nitrogens is 2. The van der Waals surface area contributed by atoms with E-state index in [1.54, 1.807) is 30.3 Å². The molecule has 2 aromatic carbocycles. The van der Waals surface area contributed by atoms with Gasteiger partial charge in [0.05, 0.1) is 6.20 Å². The maximum atomic E-state index is 12.4. The Kier molecular flexibility index (Phi) is 4.11. The van der Waals surface area contributed by atoms with Crippen molar-refractivity contribution in [3.05, 3.63) is 77.5 Å². The van der Waals surface area contributed by atoms with E-state index in [2.05, 4.69) is 10.4 Å². The summed E-state index contributed by atoms with van der Waals surface area (Å²) in [5.41, 5.74) is 8.22. The topological polar surface area (TPSA) is 90.0 Å². The predicted octanol–water partition coefficient (Wildman–Crippen LogP) is 2.71. The highest BCUT2D eigenvalue weighted by Crippen LogP contribution is 2.16. The minimum absolute atomic E-state index is 0.00834. The van der Waals surface area contributed by atoms with Crippen LogP contribution < -0.4 is 11.1 Å². The minimum Gasteiger partial charge on any atom is -0.383 e. The molecule has 3 rings (SSSR count). The number of aryl methyl sites for hydroxylation is 1. The van der Waals surface area contributed by atoms with Crippen LogP contribution in [0.25, 0.3) is 0 Å². The predicted molar refractivity (Wildman–Crippen MR) is 91.9 cm³/mol. The van der Waals surface area contributed by atoms with Gasteiger partial charge in [0.25, 0.3) is 11.8 Å². The van der Waals surface area contributed by atoms with E-state index in [0.29, 0.717) is 11.3 Å². The van der Waals surface area contributed by atoms with Gasteiger partial charge < -0.3 is 11.1 Å². The van der Waals surface area contributed by atoms with Gasteiger partial charge in [-0.3, -0.25) is 9.59 Å². The number of rotatable bonds is 3. The van der Waals surface area contributed by atoms with E-state index in [4.69, 9.17) is 5.73 Å². The number of nitrogens with one attached hydrogen (secondary N) is 1. The molecule has 0 aliphatic carbocycles. The first-order chi connectivity index (χ1) is 11.6. The number of benzene rings is 2. The van der Waals surface area contributed by atoms with E-state index >= 15 is 0 Å². The van der Waals surface area contributed by atoms with Crippen molar-refractivity contribution in [2.24, 2.45) is 0 Å². The highest BCUT2D eigenvalue weighted by atomic mass is 16.2. The maximum absolute atomic E-state index is 12.4. The minimum atomic E-state index is -0.412. The van der Waals surface area contributed by atoms with Crippen LogP contribution in [0, 0.1) is 6.92 Å². The van der Waals surface area contributed by atoms with Crippen molar-refractivity contribution >= 4 is 23.3 Å². The third-order valence-corrected chi connectivity index (χ3v) is 3.54. The molecule has 0 saturated heterocycles. The molecule has 0 radical (unpaired) electrons. The lowest BCUT2D eigenvalue weighted by Crippen LogP contribution is -2.18. The lowest BCUT2D eigenvalue weighted by atomic mass is 10.2. The Morgan fingerprint density at radius 3 is 2.54 bits per heavy atom. The van der Waals surface area contributed by atoms with E-state index < -0.39 is 5.91 Å². The number of carbonyl (C=O) groups is 2. The number of hydrogen-bond acceptors (Lipinski definition) is 4. The summed E-state index contributed by atoms with van der Waals surface area (Å²) in [6, 6.07) is 16.0. The summed E-state index contributed by atoms with van der Waals surface area (Å²) in [6.45, 7) is 1.93. The van der Waals surface area contributed by atoms with E-state index in [1.165, 1.54) is 6.20 Å². The smallest absolute Gasteiger partial charge is 0.280 e. The molecule has 0 spiro atoms. The zero-order chi connectivity index (χ0) is 17.1. The third-order valence-electron chi connectivity index (χ3n) is 3.54. The summed E-state index contributed by atoms with van der Waals surface area (Å²) < 4.78 is 1.03. The van der Waals surface area contributed by atoms with E-state index in [1.807, 2.05) is 31.2 Å². The van der Waals surface area contributed by atoms with Crippen LogP contribution in [0.3, 0.4) is 0 Å². The van der Waals surface area contributed by atoms with Gasteiger partial charge in [0.1, 0.15) is 11.4 Å². The quantitative estimate of drug-likeness (QED) is 0.776. The summed E-state index contributed by atoms with van der Waals surface area (Å²) in [4.78, 5) is 24.8. The highest BCUT2D eigenvalue weighted by Gasteiger charge is 2.20. The third kappa shape index (κ3) is 3.03. The van der Waals surface area contributed by atoms with Gasteiger partial charge in [-0.25, -0.2) is 0 Å². The van der Waals surface area contributed by atoms with Crippen LogP contribution in [0.4, 0.5) is 11.5 Å². The van der Waals surface area contributed by atoms with Crippen molar-refractivity contribution in [1.29, 1.82) is 0 Å². The standard InChI is InChI=1S/C18H16N4O2/c1-12-6-5-9-14(10-12)21-17(23)15-11-20-22(16(15)19)18(24)13-7-3-2-4-8-13/h2-11H,19H2,1H3,(H,21,23). The fourth-order valence-electron chi connectivity index (χ4n) is 2.32. The largest absolute Gasteiger partial charge is 0.383 e. The Labute approximate surface area is 138 Å². The summed E-state index contributed by atoms with van der Waals surface area (Å²) in [7, 11) is 0. The second-order valence-electron chi connectivity index (χ2n) is 5.35. The Balaban J connectivity index is 1.84. The van der Waals surface area contributed by atoms with Gasteiger partial charge in [-0.05, 0) is 36.8 Å². The average Bonchev–Trinajstić information content (AvgIpc) is 2.96. The van der Waals surface area contributed by atoms with Crippen molar-refractivity contribution < 1.29 is 9.59 Å². The fourth-order valence-corrected chi connectivity index (χ4v) is 2.32. The highest BCUT2D eigenvalue weighted by molar-refractivity contribution is 6.09. The Morgan fingerprint density at radius 1 is 1.08 bits per heavy atom. The molecular formula is C18H16N4O2. The van der Waals surface area contributed by atoms with Crippen LogP contribution >= 0.6 is 0 Å². The van der Waals surface area contributed by atoms with Crippen LogP contribution in [0.5, 0.6) is 0 Å². The molecule has 6 heteroatoms. The molecule has 6 nitrogen and oxygen atoms in total. The van der Waals surface area contributed by atoms with Crippen molar-refractivity contribution in [1.82, 2.24) is 9.78 Å². The van der Waals surface area contributed by atoms with E-state index in [-0.39, 0.29) is 17.3 Å². The summed E-state index contributed by atoms with van der Waals surface area (Å²) in [5, 5.41) is 6.70. The van der Waals surface area contributed by atoms with Crippen LogP contribution in [-0.4, -0.2) is 21.6 Å². The molecular weight excluding hydrogens is 304 g/mol. The van der Waals surface area contributed by atoms with Gasteiger partial charge in [-0.1, -0.05) is 30.3 Å². The van der Waals surface area contributed by atoms with Crippen molar-refractivity contribution in [2.45, 2.75) is 6.92 Å². The lowest BCUT2D eigenvalue weighted by Gasteiger charge is -2.06. The van der Waals surface area contributed by atoms with Crippen molar-refractivity contribution in [3.8, 4) is 0 Å². The van der Waals surface area contributed by atoms with Gasteiger partial charge in [0, 0.05) is 11.3 Å². The number of nitrogens with two attached hydrogens (primary N) is 1. The van der Waals surface area contributed by atoms with Gasteiger partial charge in [-0.15, -0.1) is 0 Å². The molecule has 120 valence electrons. The molecule has 1 aromatic heterocycles. The molecule has 24 heavy (non-hydrogen) atoms. The monoisotopic (exact) mass is 320 g/mol. The summed E-state index contributed by atoms with van der Waals surface area (Å²) >= 11 is 0. The van der Waals surface area contributed by atoms with E-state index in [0.717, 1.165) is 10.2 Å². The van der Waals surface area contributed by atoms with Crippen molar-refractivity contribution in [2.75, 3.05) is 11.1 Å². The normalized spacial score (nSPS) is 10.4. The van der Waals surface area contributed by atoms with E-state index in [9.17, 15) is 9.59 Å². The SMILES string of the molecule is Cc1cccc(NC(=O)c2cnn(C(=O)c3ccccc3)c2N)c1. The first-order valence-corrected chi connectivity index (χ1v) is 7.37. The number of nitrogens with zero attached hydrogens (tertiary/aromatic N) is 2. The molecule has 0 saturated carbocycles. The fraction of sp³-hybridized carbons (Fsp3) is 0.0556. The van der Waals surface area contributed by atoms with Crippen molar-refractivity contribution in [3.63, 3.8) is 0 Å². The first-order valence-electron chi connectivity index (χ1n) is 7.37. The Morgan fingerprint density at radius 2 is 1.83 bits per heavy atom. The molecule has 0 aliphatic heterocycles. The zero-order valence-electron chi connectivity index (χ0n) is 13.1. The van der Waals surface area contributed by atoms with Gasteiger partial charge in [0.2, 0.25) is 0 Å². The second kappa shape index (κ2) is 6.37. The molecule has 0 unspecified atom stereocenters. The number of amides is 1. The number of hydrogen-bond donors (Lipinski definition) is 2. The number of carbonyl (C=O) groups excluding carboxylic acids is 2. The second-order valence-corrected chi connectivity index (χ2v) is 5.35. The molecule has 1 heterocycles. The van der Waals surface area contributed by atoms with Gasteiger partial charge in [0.15, 0.2) is 0 Å². The van der Waals surface area contributed by atoms with Crippen LogP contribution in [0.1, 0.15) is 26.3 Å². The van der Waals surface area contributed by atoms with Crippen LogP contribution in [0.15, 0.2) is 60.8 Å². The Bertz CT molecular complexity index is 900. The summed E-state index contributed by atoms with van der Waals surface area (Å²) in [5.74, 6) is -0.790. The van der Waals surface area contributed by atoms with Gasteiger partial charge in [-0.2, -0.15) is 9.78 Å². The Hall–Kier alpha value is -3.41. The maximum Gasteiger partial charge on any atom is 0.280 e. The molecule has 0 fully saturated rings. The number of anilines is 2. The van der Waals surface area contributed by atoms with Crippen LogP contribution in [0.2, 0.25) is 0 Å². The zero-order valence-corrected chi connectivity index (χ0v) is 13.1. The first kappa shape index (κ1) is 15.5. The average molecular weight is 320 g/mol. The molecule has 3 N–H and O–H groups in total. The molecule has 0 atom stereocenters. The molecule has 0 bridgehead atoms. The molecule has 1 amide bonds. The van der Waals surface area contributed by atoms with Gasteiger partial charge >= 0.3 is 0 Å². The molecule has 0 aliphatic rings. The molecule has 3 aromatic rings. The summed E-state index contributed by atoms with van der Waals surface area (Å²) in [6.07, 6.45) is 1.29. The lowest BCUT2D eigenvalue weighted by molar-refractivity contribution is 0.0948. The van der Waals surface area contributed by atoms with Crippen LogP contribution in [-0.2, 0) is 0 Å².